The summed E-state index contributed by atoms with van der Waals surface area (Å²) < 4.78 is 34.8. The van der Waals surface area contributed by atoms with E-state index >= 15 is 0 Å². The number of benzene rings is 1. The van der Waals surface area contributed by atoms with Gasteiger partial charge in [0, 0.05) is 31.1 Å². The molecule has 0 radical (unpaired) electrons. The van der Waals surface area contributed by atoms with Gasteiger partial charge in [-0.3, -0.25) is 10.2 Å². The minimum atomic E-state index is -4.05. The molecule has 1 saturated heterocycles. The summed E-state index contributed by atoms with van der Waals surface area (Å²) in [5, 5.41) is 28.1. The smallest absolute Gasteiger partial charge is 0.405 e. The number of hydrogen-bond donors (Lipinski definition) is 7. The number of sulfonamides is 1. The highest BCUT2D eigenvalue weighted by Gasteiger charge is 2.36. The number of carbonyl (C=O) groups is 2. The standard InChI is InChI=1S/C24H38N6O6S/c1-13-14(2)20(15(3)17-11-24(4,5)36-19(13)17)37(34,35)30-22(25)27-9-6-7-18(29-23(32)33)21(31)28-16-8-10-26-12-16/h16,18,26,29H,6-12H2,1-5H3,(H,28,31)(H,32,33)(H3,25,27,30)/t16-,18+/m1/s1. The van der Waals surface area contributed by atoms with Gasteiger partial charge in [0.25, 0.3) is 10.0 Å². The molecule has 0 saturated carbocycles. The monoisotopic (exact) mass is 538 g/mol. The van der Waals surface area contributed by atoms with E-state index in [2.05, 4.69) is 26.0 Å². The Morgan fingerprint density at radius 2 is 1.92 bits per heavy atom. The van der Waals surface area contributed by atoms with E-state index in [1.54, 1.807) is 13.8 Å². The van der Waals surface area contributed by atoms with Gasteiger partial charge in [0.1, 0.15) is 17.4 Å². The van der Waals surface area contributed by atoms with Gasteiger partial charge in [-0.25, -0.2) is 17.9 Å². The van der Waals surface area contributed by atoms with Crippen LogP contribution in [0.2, 0.25) is 0 Å². The zero-order chi connectivity index (χ0) is 27.5. The highest BCUT2D eigenvalue weighted by atomic mass is 32.2. The van der Waals surface area contributed by atoms with E-state index in [9.17, 15) is 18.0 Å². The van der Waals surface area contributed by atoms with Gasteiger partial charge in [-0.05, 0) is 77.1 Å². The second-order valence-electron chi connectivity index (χ2n) is 10.3. The van der Waals surface area contributed by atoms with Crippen LogP contribution < -0.4 is 30.7 Å². The van der Waals surface area contributed by atoms with Gasteiger partial charge in [-0.15, -0.1) is 0 Å². The summed E-state index contributed by atoms with van der Waals surface area (Å²) in [6.07, 6.45) is 0.571. The van der Waals surface area contributed by atoms with E-state index in [4.69, 9.17) is 15.3 Å². The zero-order valence-electron chi connectivity index (χ0n) is 22.0. The van der Waals surface area contributed by atoms with Gasteiger partial charge < -0.3 is 31.1 Å². The predicted molar refractivity (Wildman–Crippen MR) is 139 cm³/mol. The Bertz CT molecular complexity index is 1180. The molecule has 206 valence electrons. The molecule has 7 N–H and O–H groups in total. The normalized spacial score (nSPS) is 18.9. The van der Waals surface area contributed by atoms with E-state index in [1.807, 2.05) is 20.8 Å². The lowest BCUT2D eigenvalue weighted by atomic mass is 9.94. The maximum atomic E-state index is 13.2. The topological polar surface area (TPSA) is 182 Å². The number of guanidine groups is 1. The van der Waals surface area contributed by atoms with Crippen molar-refractivity contribution in [2.75, 3.05) is 19.6 Å². The van der Waals surface area contributed by atoms with Crippen molar-refractivity contribution in [2.24, 2.45) is 0 Å². The SMILES string of the molecule is Cc1c(C)c(S(=O)(=O)NC(=N)NCCC[C@H](NC(=O)O)C(=O)N[C@@H]2CCNC2)c(C)c2c1OC(C)(C)C2. The average molecular weight is 539 g/mol. The van der Waals surface area contributed by atoms with E-state index in [0.717, 1.165) is 29.8 Å². The van der Waals surface area contributed by atoms with Crippen molar-refractivity contribution in [3.63, 3.8) is 0 Å². The lowest BCUT2D eigenvalue weighted by molar-refractivity contribution is -0.123. The summed E-state index contributed by atoms with van der Waals surface area (Å²) >= 11 is 0. The molecular formula is C24H38N6O6S. The average Bonchev–Trinajstić information content (AvgIpc) is 3.40. The molecule has 13 heteroatoms. The van der Waals surface area contributed by atoms with Gasteiger partial charge in [-0.1, -0.05) is 0 Å². The number of carboxylic acid groups (broad SMARTS) is 1. The molecule has 2 heterocycles. The van der Waals surface area contributed by atoms with Crippen LogP contribution in [0, 0.1) is 26.2 Å². The second-order valence-corrected chi connectivity index (χ2v) is 11.9. The minimum absolute atomic E-state index is 0.0429. The van der Waals surface area contributed by atoms with Crippen molar-refractivity contribution in [3.05, 3.63) is 22.3 Å². The molecule has 2 aliphatic rings. The van der Waals surface area contributed by atoms with E-state index in [0.29, 0.717) is 30.5 Å². The number of rotatable bonds is 9. The first-order chi connectivity index (χ1) is 17.2. The van der Waals surface area contributed by atoms with Crippen LogP contribution in [-0.4, -0.2) is 68.8 Å². The molecule has 0 spiro atoms. The van der Waals surface area contributed by atoms with Crippen LogP contribution in [0.1, 0.15) is 55.4 Å². The molecule has 2 atom stereocenters. The quantitative estimate of drug-likeness (QED) is 0.138. The Kier molecular flexibility index (Phi) is 8.58. The lowest BCUT2D eigenvalue weighted by Crippen LogP contribution is -2.50. The number of ether oxygens (including phenoxy) is 1. The Hall–Kier alpha value is -3.06. The van der Waals surface area contributed by atoms with E-state index in [-0.39, 0.29) is 23.9 Å². The number of nitrogens with one attached hydrogen (secondary N) is 6. The summed E-state index contributed by atoms with van der Waals surface area (Å²) in [4.78, 5) is 23.8. The molecule has 2 aliphatic heterocycles. The number of amides is 2. The molecule has 0 bridgehead atoms. The van der Waals surface area contributed by atoms with Gasteiger partial charge in [0.05, 0.1) is 4.90 Å². The number of carbonyl (C=O) groups excluding carboxylic acids is 1. The fourth-order valence-corrected chi connectivity index (χ4v) is 6.41. The minimum Gasteiger partial charge on any atom is -0.487 e. The highest BCUT2D eigenvalue weighted by molar-refractivity contribution is 7.90. The van der Waals surface area contributed by atoms with E-state index in [1.165, 1.54) is 0 Å². The summed E-state index contributed by atoms with van der Waals surface area (Å²) in [6.45, 7) is 10.8. The molecule has 0 aromatic heterocycles. The molecule has 1 fully saturated rings. The summed E-state index contributed by atoms with van der Waals surface area (Å²) in [7, 11) is -4.05. The Morgan fingerprint density at radius 3 is 2.54 bits per heavy atom. The Morgan fingerprint density at radius 1 is 1.22 bits per heavy atom. The molecular weight excluding hydrogens is 500 g/mol. The third-order valence-corrected chi connectivity index (χ3v) is 8.41. The van der Waals surface area contributed by atoms with Crippen molar-refractivity contribution < 1.29 is 27.9 Å². The lowest BCUT2D eigenvalue weighted by Gasteiger charge is -2.20. The van der Waals surface area contributed by atoms with Gasteiger partial charge in [0.2, 0.25) is 11.9 Å². The summed E-state index contributed by atoms with van der Waals surface area (Å²) in [5.74, 6) is -0.0837. The van der Waals surface area contributed by atoms with Crippen LogP contribution in [0.4, 0.5) is 4.79 Å². The molecule has 3 rings (SSSR count). The molecule has 0 unspecified atom stereocenters. The van der Waals surface area contributed by atoms with Crippen LogP contribution in [-0.2, 0) is 21.2 Å². The molecule has 12 nitrogen and oxygen atoms in total. The fourth-order valence-electron chi connectivity index (χ4n) is 4.89. The fraction of sp³-hybridized carbons (Fsp3) is 0.625. The Labute approximate surface area is 217 Å². The van der Waals surface area contributed by atoms with Crippen molar-refractivity contribution in [1.82, 2.24) is 26.0 Å². The first-order valence-electron chi connectivity index (χ1n) is 12.4. The van der Waals surface area contributed by atoms with Crippen molar-refractivity contribution >= 4 is 28.0 Å². The third-order valence-electron chi connectivity index (χ3n) is 6.79. The largest absolute Gasteiger partial charge is 0.487 e. The van der Waals surface area contributed by atoms with Gasteiger partial charge >= 0.3 is 6.09 Å². The summed E-state index contributed by atoms with van der Waals surface area (Å²) in [5.41, 5.74) is 2.37. The molecule has 1 aromatic carbocycles. The zero-order valence-corrected chi connectivity index (χ0v) is 22.8. The molecule has 2 amide bonds. The van der Waals surface area contributed by atoms with Crippen LogP contribution in [0.25, 0.3) is 0 Å². The number of hydrogen-bond acceptors (Lipinski definition) is 7. The highest BCUT2D eigenvalue weighted by Crippen LogP contribution is 2.43. The maximum Gasteiger partial charge on any atom is 0.405 e. The van der Waals surface area contributed by atoms with Crippen LogP contribution in [0.3, 0.4) is 0 Å². The maximum absolute atomic E-state index is 13.2. The second kappa shape index (κ2) is 11.1. The van der Waals surface area contributed by atoms with Crippen molar-refractivity contribution in [2.45, 2.75) is 82.9 Å². The Balaban J connectivity index is 1.59. The van der Waals surface area contributed by atoms with E-state index < -0.39 is 39.6 Å². The molecule has 0 aliphatic carbocycles. The van der Waals surface area contributed by atoms with Crippen LogP contribution in [0.5, 0.6) is 5.75 Å². The molecule has 1 aromatic rings. The first kappa shape index (κ1) is 28.5. The van der Waals surface area contributed by atoms with Gasteiger partial charge in [0.15, 0.2) is 0 Å². The first-order valence-corrected chi connectivity index (χ1v) is 13.9. The number of fused-ring (bicyclic) bond motifs is 1. The van der Waals surface area contributed by atoms with Crippen molar-refractivity contribution in [3.8, 4) is 5.75 Å². The van der Waals surface area contributed by atoms with Crippen LogP contribution >= 0.6 is 0 Å². The van der Waals surface area contributed by atoms with Crippen molar-refractivity contribution in [1.29, 1.82) is 5.41 Å². The van der Waals surface area contributed by atoms with Crippen LogP contribution in [0.15, 0.2) is 4.90 Å². The molecule has 37 heavy (non-hydrogen) atoms. The third kappa shape index (κ3) is 6.83. The predicted octanol–water partition coefficient (Wildman–Crippen LogP) is 1.02. The van der Waals surface area contributed by atoms with Gasteiger partial charge in [-0.2, -0.15) is 0 Å². The summed E-state index contributed by atoms with van der Waals surface area (Å²) in [6, 6.07) is -0.990.